The maximum atomic E-state index is 4.47. The van der Waals surface area contributed by atoms with Crippen LogP contribution >= 0.6 is 0 Å². The Morgan fingerprint density at radius 3 is 2.78 bits per heavy atom. The second kappa shape index (κ2) is 5.79. The molecule has 3 aromatic rings. The molecule has 0 atom stereocenters. The van der Waals surface area contributed by atoms with E-state index in [-0.39, 0.29) is 0 Å². The lowest BCUT2D eigenvalue weighted by molar-refractivity contribution is 0.523. The predicted octanol–water partition coefficient (Wildman–Crippen LogP) is 1.23. The molecule has 1 aliphatic rings. The Morgan fingerprint density at radius 1 is 1.13 bits per heavy atom. The third-order valence-corrected chi connectivity index (χ3v) is 4.24. The molecule has 0 saturated carbocycles. The van der Waals surface area contributed by atoms with Gasteiger partial charge >= 0.3 is 0 Å². The quantitative estimate of drug-likeness (QED) is 0.779. The summed E-state index contributed by atoms with van der Waals surface area (Å²) in [6, 6.07) is 2.32. The summed E-state index contributed by atoms with van der Waals surface area (Å²) in [5, 5.41) is 8.76. The van der Waals surface area contributed by atoms with Crippen molar-refractivity contribution in [1.82, 2.24) is 29.7 Å². The molecule has 0 unspecified atom stereocenters. The predicted molar refractivity (Wildman–Crippen MR) is 87.2 cm³/mol. The SMILES string of the molecule is Cn1ncc2c(N3CCC(Nc4ccncn4)CC3)ncnc21. The van der Waals surface area contributed by atoms with Crippen LogP contribution in [0.4, 0.5) is 11.6 Å². The largest absolute Gasteiger partial charge is 0.367 e. The van der Waals surface area contributed by atoms with Gasteiger partial charge in [-0.2, -0.15) is 5.10 Å². The molecule has 0 amide bonds. The minimum atomic E-state index is 0.423. The number of aromatic nitrogens is 6. The topological polar surface area (TPSA) is 84.7 Å². The van der Waals surface area contributed by atoms with E-state index in [1.807, 2.05) is 19.3 Å². The lowest BCUT2D eigenvalue weighted by atomic mass is 10.0. The van der Waals surface area contributed by atoms with Crippen molar-refractivity contribution in [3.8, 4) is 0 Å². The second-order valence-electron chi connectivity index (χ2n) is 5.70. The first-order chi connectivity index (χ1) is 11.3. The second-order valence-corrected chi connectivity index (χ2v) is 5.70. The van der Waals surface area contributed by atoms with Gasteiger partial charge < -0.3 is 10.2 Å². The van der Waals surface area contributed by atoms with Gasteiger partial charge in [-0.3, -0.25) is 4.68 Å². The van der Waals surface area contributed by atoms with E-state index in [2.05, 4.69) is 35.3 Å². The van der Waals surface area contributed by atoms with E-state index in [1.54, 1.807) is 23.5 Å². The minimum Gasteiger partial charge on any atom is -0.367 e. The van der Waals surface area contributed by atoms with Gasteiger partial charge in [0.25, 0.3) is 0 Å². The summed E-state index contributed by atoms with van der Waals surface area (Å²) in [5.74, 6) is 1.86. The van der Waals surface area contributed by atoms with Gasteiger partial charge in [0.05, 0.1) is 11.6 Å². The minimum absolute atomic E-state index is 0.423. The zero-order valence-electron chi connectivity index (χ0n) is 12.9. The van der Waals surface area contributed by atoms with Gasteiger partial charge in [0, 0.05) is 32.4 Å². The van der Waals surface area contributed by atoms with Gasteiger partial charge in [-0.05, 0) is 18.9 Å². The molecule has 0 aliphatic carbocycles. The van der Waals surface area contributed by atoms with Crippen LogP contribution in [0.1, 0.15) is 12.8 Å². The smallest absolute Gasteiger partial charge is 0.163 e. The Morgan fingerprint density at radius 2 is 2.00 bits per heavy atom. The zero-order chi connectivity index (χ0) is 15.6. The van der Waals surface area contributed by atoms with Crippen molar-refractivity contribution in [2.24, 2.45) is 7.05 Å². The van der Waals surface area contributed by atoms with E-state index in [1.165, 1.54) is 0 Å². The van der Waals surface area contributed by atoms with Crippen molar-refractivity contribution in [2.45, 2.75) is 18.9 Å². The molecule has 4 heterocycles. The molecule has 3 aromatic heterocycles. The van der Waals surface area contributed by atoms with E-state index in [0.29, 0.717) is 6.04 Å². The van der Waals surface area contributed by atoms with Crippen LogP contribution in [0.15, 0.2) is 31.1 Å². The highest BCUT2D eigenvalue weighted by atomic mass is 15.3. The molecule has 1 N–H and O–H groups in total. The Hall–Kier alpha value is -2.77. The van der Waals surface area contributed by atoms with E-state index in [4.69, 9.17) is 0 Å². The van der Waals surface area contributed by atoms with Crippen molar-refractivity contribution in [3.05, 3.63) is 31.1 Å². The van der Waals surface area contributed by atoms with E-state index in [0.717, 1.165) is 48.6 Å². The first-order valence-corrected chi connectivity index (χ1v) is 7.71. The van der Waals surface area contributed by atoms with Gasteiger partial charge in [0.15, 0.2) is 5.65 Å². The summed E-state index contributed by atoms with van der Waals surface area (Å²) in [4.78, 5) is 19.3. The third-order valence-electron chi connectivity index (χ3n) is 4.24. The number of piperidine rings is 1. The maximum absolute atomic E-state index is 4.47. The summed E-state index contributed by atoms with van der Waals surface area (Å²) < 4.78 is 1.78. The number of aryl methyl sites for hydroxylation is 1. The highest BCUT2D eigenvalue weighted by Gasteiger charge is 2.22. The average molecular weight is 310 g/mol. The number of hydrogen-bond donors (Lipinski definition) is 1. The summed E-state index contributed by atoms with van der Waals surface area (Å²) in [7, 11) is 1.90. The number of nitrogens with one attached hydrogen (secondary N) is 1. The molecule has 8 heteroatoms. The fraction of sp³-hybridized carbons (Fsp3) is 0.400. The summed E-state index contributed by atoms with van der Waals surface area (Å²) in [5.41, 5.74) is 0.872. The average Bonchev–Trinajstić information content (AvgIpc) is 2.98. The molecule has 118 valence electrons. The molecule has 23 heavy (non-hydrogen) atoms. The molecule has 1 saturated heterocycles. The molecule has 0 radical (unpaired) electrons. The Balaban J connectivity index is 1.47. The van der Waals surface area contributed by atoms with Crippen LogP contribution in [0.3, 0.4) is 0 Å². The van der Waals surface area contributed by atoms with Crippen molar-refractivity contribution in [1.29, 1.82) is 0 Å². The molecule has 0 spiro atoms. The highest BCUT2D eigenvalue weighted by Crippen LogP contribution is 2.25. The monoisotopic (exact) mass is 310 g/mol. The molecule has 1 aliphatic heterocycles. The normalized spacial score (nSPS) is 16.0. The number of anilines is 2. The van der Waals surface area contributed by atoms with Crippen LogP contribution in [-0.2, 0) is 7.05 Å². The molecule has 0 aromatic carbocycles. The van der Waals surface area contributed by atoms with Gasteiger partial charge in [0.2, 0.25) is 0 Å². The van der Waals surface area contributed by atoms with Crippen molar-refractivity contribution in [3.63, 3.8) is 0 Å². The Bertz CT molecular complexity index is 792. The number of fused-ring (bicyclic) bond motifs is 1. The van der Waals surface area contributed by atoms with Gasteiger partial charge in [0.1, 0.15) is 24.3 Å². The summed E-state index contributed by atoms with van der Waals surface area (Å²) >= 11 is 0. The van der Waals surface area contributed by atoms with Gasteiger partial charge in [-0.1, -0.05) is 0 Å². The lowest BCUT2D eigenvalue weighted by Gasteiger charge is -2.33. The van der Waals surface area contributed by atoms with Crippen molar-refractivity contribution < 1.29 is 0 Å². The molecule has 1 fully saturated rings. The Labute approximate surface area is 133 Å². The Kier molecular flexibility index (Phi) is 3.49. The van der Waals surface area contributed by atoms with Crippen LogP contribution in [-0.4, -0.2) is 48.8 Å². The first-order valence-electron chi connectivity index (χ1n) is 7.71. The fourth-order valence-corrected chi connectivity index (χ4v) is 3.02. The van der Waals surface area contributed by atoms with Crippen molar-refractivity contribution >= 4 is 22.7 Å². The number of hydrogen-bond acceptors (Lipinski definition) is 7. The molecular weight excluding hydrogens is 292 g/mol. The van der Waals surface area contributed by atoms with Crippen LogP contribution < -0.4 is 10.2 Å². The molecular formula is C15H18N8. The van der Waals surface area contributed by atoms with E-state index < -0.39 is 0 Å². The van der Waals surface area contributed by atoms with E-state index in [9.17, 15) is 0 Å². The zero-order valence-corrected chi connectivity index (χ0v) is 12.9. The first kappa shape index (κ1) is 13.9. The van der Waals surface area contributed by atoms with Crippen molar-refractivity contribution in [2.75, 3.05) is 23.3 Å². The molecule has 0 bridgehead atoms. The van der Waals surface area contributed by atoms with Crippen LogP contribution in [0, 0.1) is 0 Å². The summed E-state index contributed by atoms with van der Waals surface area (Å²) in [6.07, 6.45) is 8.86. The molecule has 4 rings (SSSR count). The third kappa shape index (κ3) is 2.67. The molecule has 8 nitrogen and oxygen atoms in total. The number of nitrogens with zero attached hydrogens (tertiary/aromatic N) is 7. The van der Waals surface area contributed by atoms with Gasteiger partial charge in [-0.25, -0.2) is 19.9 Å². The van der Waals surface area contributed by atoms with Crippen LogP contribution in [0.25, 0.3) is 11.0 Å². The fourth-order valence-electron chi connectivity index (χ4n) is 3.02. The highest BCUT2D eigenvalue weighted by molar-refractivity contribution is 5.86. The van der Waals surface area contributed by atoms with Crippen LogP contribution in [0.5, 0.6) is 0 Å². The number of rotatable bonds is 3. The van der Waals surface area contributed by atoms with E-state index >= 15 is 0 Å². The maximum Gasteiger partial charge on any atom is 0.163 e. The standard InChI is InChI=1S/C15H18N8/c1-22-14-12(8-20-22)15(19-10-18-14)23-6-3-11(4-7-23)21-13-2-5-16-9-17-13/h2,5,8-11H,3-4,6-7H2,1H3,(H,16,17,21). The lowest BCUT2D eigenvalue weighted by Crippen LogP contribution is -2.39. The van der Waals surface area contributed by atoms with Crippen LogP contribution in [0.2, 0.25) is 0 Å². The summed E-state index contributed by atoms with van der Waals surface area (Å²) in [6.45, 7) is 1.90. The van der Waals surface area contributed by atoms with Gasteiger partial charge in [-0.15, -0.1) is 0 Å².